The van der Waals surface area contributed by atoms with Gasteiger partial charge in [0.05, 0.1) is 12.6 Å². The van der Waals surface area contributed by atoms with Gasteiger partial charge in [0.25, 0.3) is 0 Å². The minimum atomic E-state index is 0.250. The molecule has 1 atom stereocenters. The van der Waals surface area contributed by atoms with Crippen molar-refractivity contribution in [2.24, 2.45) is 17.7 Å². The Bertz CT molecular complexity index is 244. The van der Waals surface area contributed by atoms with E-state index in [2.05, 4.69) is 18.4 Å². The van der Waals surface area contributed by atoms with Gasteiger partial charge < -0.3 is 4.74 Å². The number of hydrogen-bond donors (Lipinski definition) is 2. The fraction of sp³-hybridized carbons (Fsp3) is 0.846. The van der Waals surface area contributed by atoms with Gasteiger partial charge in [0.15, 0.2) is 0 Å². The van der Waals surface area contributed by atoms with Crippen LogP contribution in [0.1, 0.15) is 45.4 Å². The first-order valence-corrected chi connectivity index (χ1v) is 6.64. The van der Waals surface area contributed by atoms with Crippen molar-refractivity contribution in [2.75, 3.05) is 6.61 Å². The molecule has 92 valence electrons. The van der Waals surface area contributed by atoms with Gasteiger partial charge in [0, 0.05) is 6.42 Å². The maximum atomic E-state index is 5.68. The van der Waals surface area contributed by atoms with Crippen molar-refractivity contribution in [2.45, 2.75) is 51.5 Å². The third-order valence-corrected chi connectivity index (χ3v) is 4.16. The number of rotatable bonds is 4. The predicted molar refractivity (Wildman–Crippen MR) is 65.5 cm³/mol. The topological polar surface area (TPSA) is 47.3 Å². The van der Waals surface area contributed by atoms with E-state index in [1.165, 1.54) is 32.1 Å². The second-order valence-electron chi connectivity index (χ2n) is 5.08. The highest BCUT2D eigenvalue weighted by atomic mass is 16.5. The molecule has 1 unspecified atom stereocenters. The number of nitrogens with one attached hydrogen (secondary N) is 1. The first-order chi connectivity index (χ1) is 7.85. The van der Waals surface area contributed by atoms with Crippen LogP contribution in [-0.2, 0) is 4.74 Å². The summed E-state index contributed by atoms with van der Waals surface area (Å²) in [6.07, 6.45) is 9.84. The monoisotopic (exact) mass is 224 g/mol. The zero-order valence-corrected chi connectivity index (χ0v) is 10.2. The summed E-state index contributed by atoms with van der Waals surface area (Å²) in [4.78, 5) is 0. The van der Waals surface area contributed by atoms with Gasteiger partial charge >= 0.3 is 0 Å². The highest BCUT2D eigenvalue weighted by Crippen LogP contribution is 2.35. The minimum absolute atomic E-state index is 0.250. The van der Waals surface area contributed by atoms with Crippen molar-refractivity contribution in [1.29, 1.82) is 0 Å². The molecule has 0 aromatic rings. The van der Waals surface area contributed by atoms with Gasteiger partial charge in [-0.3, -0.25) is 5.84 Å². The Morgan fingerprint density at radius 1 is 1.44 bits per heavy atom. The van der Waals surface area contributed by atoms with E-state index in [1.54, 1.807) is 0 Å². The fourth-order valence-corrected chi connectivity index (χ4v) is 3.03. The Morgan fingerprint density at radius 3 is 2.69 bits per heavy atom. The lowest BCUT2D eigenvalue weighted by molar-refractivity contribution is 0.162. The van der Waals surface area contributed by atoms with Crippen molar-refractivity contribution in [3.05, 3.63) is 11.8 Å². The third-order valence-electron chi connectivity index (χ3n) is 4.16. The zero-order chi connectivity index (χ0) is 11.4. The molecular weight excluding hydrogens is 200 g/mol. The lowest BCUT2D eigenvalue weighted by Crippen LogP contribution is -2.43. The van der Waals surface area contributed by atoms with E-state index >= 15 is 0 Å². The van der Waals surface area contributed by atoms with Crippen molar-refractivity contribution in [3.63, 3.8) is 0 Å². The summed E-state index contributed by atoms with van der Waals surface area (Å²) in [7, 11) is 0. The van der Waals surface area contributed by atoms with E-state index in [4.69, 9.17) is 10.6 Å². The van der Waals surface area contributed by atoms with Crippen LogP contribution in [0, 0.1) is 11.8 Å². The lowest BCUT2D eigenvalue weighted by atomic mass is 9.77. The number of hydrazine groups is 1. The predicted octanol–water partition coefficient (Wildman–Crippen LogP) is 2.34. The summed E-state index contributed by atoms with van der Waals surface area (Å²) in [5, 5.41) is 0. The molecule has 0 saturated heterocycles. The molecule has 3 N–H and O–H groups in total. The zero-order valence-electron chi connectivity index (χ0n) is 10.2. The SMILES string of the molecule is CCC1CCC(C(NN)C2=CCCO2)CC1. The Labute approximate surface area is 98.4 Å². The van der Waals surface area contributed by atoms with Gasteiger partial charge in [0.1, 0.15) is 5.76 Å². The second-order valence-corrected chi connectivity index (χ2v) is 5.08. The van der Waals surface area contributed by atoms with E-state index in [1.807, 2.05) is 0 Å². The molecule has 0 aromatic carbocycles. The lowest BCUT2D eigenvalue weighted by Gasteiger charge is -2.33. The van der Waals surface area contributed by atoms with Crippen LogP contribution < -0.4 is 11.3 Å². The van der Waals surface area contributed by atoms with Crippen LogP contribution >= 0.6 is 0 Å². The van der Waals surface area contributed by atoms with E-state index in [9.17, 15) is 0 Å². The average molecular weight is 224 g/mol. The van der Waals surface area contributed by atoms with Crippen LogP contribution in [0.15, 0.2) is 11.8 Å². The molecule has 1 heterocycles. The van der Waals surface area contributed by atoms with Gasteiger partial charge in [-0.1, -0.05) is 26.2 Å². The van der Waals surface area contributed by atoms with Crippen LogP contribution in [0.2, 0.25) is 0 Å². The summed E-state index contributed by atoms with van der Waals surface area (Å²) in [6.45, 7) is 3.13. The largest absolute Gasteiger partial charge is 0.496 e. The molecule has 2 aliphatic rings. The molecule has 0 spiro atoms. The number of nitrogens with two attached hydrogens (primary N) is 1. The molecule has 1 aliphatic carbocycles. The van der Waals surface area contributed by atoms with Crippen LogP contribution in [0.5, 0.6) is 0 Å². The first-order valence-electron chi connectivity index (χ1n) is 6.64. The molecule has 2 rings (SSSR count). The highest BCUT2D eigenvalue weighted by molar-refractivity contribution is 5.09. The molecule has 1 fully saturated rings. The Kier molecular flexibility index (Phi) is 4.24. The summed E-state index contributed by atoms with van der Waals surface area (Å²) < 4.78 is 5.63. The van der Waals surface area contributed by atoms with Crippen molar-refractivity contribution < 1.29 is 4.74 Å². The van der Waals surface area contributed by atoms with Crippen LogP contribution in [0.3, 0.4) is 0 Å². The van der Waals surface area contributed by atoms with E-state index in [-0.39, 0.29) is 6.04 Å². The Balaban J connectivity index is 1.90. The Morgan fingerprint density at radius 2 is 2.19 bits per heavy atom. The number of hydrogen-bond acceptors (Lipinski definition) is 3. The van der Waals surface area contributed by atoms with Crippen molar-refractivity contribution >= 4 is 0 Å². The summed E-state index contributed by atoms with van der Waals surface area (Å²) in [5.74, 6) is 8.37. The summed E-state index contributed by atoms with van der Waals surface area (Å²) in [6, 6.07) is 0.250. The minimum Gasteiger partial charge on any atom is -0.496 e. The molecule has 0 aromatic heterocycles. The molecule has 0 radical (unpaired) electrons. The quantitative estimate of drug-likeness (QED) is 0.569. The third kappa shape index (κ3) is 2.58. The maximum absolute atomic E-state index is 5.68. The molecule has 16 heavy (non-hydrogen) atoms. The standard InChI is InChI=1S/C13H24N2O/c1-2-10-5-7-11(8-6-10)13(15-14)12-4-3-9-16-12/h4,10-11,13,15H,2-3,5-9,14H2,1H3. The molecule has 0 bridgehead atoms. The van der Waals surface area contributed by atoms with Gasteiger partial charge in [-0.05, 0) is 30.8 Å². The van der Waals surface area contributed by atoms with Gasteiger partial charge in [-0.25, -0.2) is 5.43 Å². The second kappa shape index (κ2) is 5.69. The van der Waals surface area contributed by atoms with E-state index in [0.717, 1.165) is 24.7 Å². The molecule has 0 amide bonds. The molecule has 1 saturated carbocycles. The highest BCUT2D eigenvalue weighted by Gasteiger charge is 2.30. The summed E-state index contributed by atoms with van der Waals surface area (Å²) >= 11 is 0. The van der Waals surface area contributed by atoms with Crippen molar-refractivity contribution in [3.8, 4) is 0 Å². The molecule has 3 heteroatoms. The van der Waals surface area contributed by atoms with Crippen LogP contribution in [0.4, 0.5) is 0 Å². The van der Waals surface area contributed by atoms with Crippen LogP contribution in [-0.4, -0.2) is 12.6 Å². The van der Waals surface area contributed by atoms with Gasteiger partial charge in [-0.2, -0.15) is 0 Å². The van der Waals surface area contributed by atoms with E-state index < -0.39 is 0 Å². The average Bonchev–Trinajstić information content (AvgIpc) is 2.85. The Hall–Kier alpha value is -0.540. The van der Waals surface area contributed by atoms with Crippen molar-refractivity contribution in [1.82, 2.24) is 5.43 Å². The molecule has 1 aliphatic heterocycles. The maximum Gasteiger partial charge on any atom is 0.111 e. The van der Waals surface area contributed by atoms with Gasteiger partial charge in [-0.15, -0.1) is 0 Å². The molecular formula is C13H24N2O. The number of ether oxygens (including phenoxy) is 1. The van der Waals surface area contributed by atoms with Gasteiger partial charge in [0.2, 0.25) is 0 Å². The smallest absolute Gasteiger partial charge is 0.111 e. The first kappa shape index (κ1) is 11.9. The molecule has 3 nitrogen and oxygen atoms in total. The normalized spacial score (nSPS) is 32.0. The summed E-state index contributed by atoms with van der Waals surface area (Å²) in [5.41, 5.74) is 2.95. The fourth-order valence-electron chi connectivity index (χ4n) is 3.03. The van der Waals surface area contributed by atoms with E-state index in [0.29, 0.717) is 5.92 Å². The van der Waals surface area contributed by atoms with Crippen LogP contribution in [0.25, 0.3) is 0 Å².